The van der Waals surface area contributed by atoms with Crippen LogP contribution in [0.25, 0.3) is 4.72 Å². The van der Waals surface area contributed by atoms with Gasteiger partial charge in [-0.25, -0.2) is 8.42 Å². The Morgan fingerprint density at radius 1 is 1.15 bits per heavy atom. The third-order valence-corrected chi connectivity index (χ3v) is 5.07. The standard InChI is InChI=1S/C18H19N2O6S/c1-11-3-6-14(7-4-11)27(25,26)20-16(18(23)24)10-13-5-8-17(22)15(9-13)19-12(2)21/h3-9,16,22H,10H2,1-2H3,(H,19,21)(H,23,24)/q-1. The first kappa shape index (κ1) is 20.4. The van der Waals surface area contributed by atoms with Crippen LogP contribution >= 0.6 is 0 Å². The lowest BCUT2D eigenvalue weighted by molar-refractivity contribution is -0.137. The number of hydrogen-bond donors (Lipinski definition) is 3. The number of benzene rings is 2. The van der Waals surface area contributed by atoms with Gasteiger partial charge in [0.05, 0.1) is 5.69 Å². The number of nitrogens with one attached hydrogen (secondary N) is 1. The maximum atomic E-state index is 12.4. The smallest absolute Gasteiger partial charge is 0.286 e. The van der Waals surface area contributed by atoms with Crippen molar-refractivity contribution >= 4 is 27.6 Å². The average Bonchev–Trinajstić information content (AvgIpc) is 2.57. The highest BCUT2D eigenvalue weighted by Gasteiger charge is 2.16. The molecule has 8 nitrogen and oxygen atoms in total. The molecular formula is C18H19N2O6S-. The van der Waals surface area contributed by atoms with Crippen LogP contribution in [0, 0.1) is 6.92 Å². The SMILES string of the molecule is CC(=O)Nc1cc(CC([N-]S(=O)(=O)c2ccc(C)cc2)C(=O)O)ccc1O. The van der Waals surface area contributed by atoms with Crippen molar-refractivity contribution in [3.05, 3.63) is 58.3 Å². The summed E-state index contributed by atoms with van der Waals surface area (Å²) in [5, 5.41) is 21.5. The van der Waals surface area contributed by atoms with E-state index >= 15 is 0 Å². The van der Waals surface area contributed by atoms with Crippen LogP contribution in [0.5, 0.6) is 5.75 Å². The Balaban J connectivity index is 2.24. The van der Waals surface area contributed by atoms with E-state index in [-0.39, 0.29) is 22.8 Å². The van der Waals surface area contributed by atoms with E-state index in [2.05, 4.69) is 10.0 Å². The Hall–Kier alpha value is -2.91. The van der Waals surface area contributed by atoms with Crippen LogP contribution in [0.2, 0.25) is 0 Å². The Labute approximate surface area is 156 Å². The molecule has 0 radical (unpaired) electrons. The zero-order chi connectivity index (χ0) is 20.2. The van der Waals surface area contributed by atoms with Gasteiger partial charge in [0.25, 0.3) is 5.97 Å². The summed E-state index contributed by atoms with van der Waals surface area (Å²) in [7, 11) is -4.15. The number of phenols is 1. The number of aryl methyl sites for hydroxylation is 1. The molecule has 27 heavy (non-hydrogen) atoms. The molecule has 3 N–H and O–H groups in total. The number of carboxylic acids is 1. The maximum Gasteiger partial charge on any atom is 0.286 e. The van der Waals surface area contributed by atoms with Gasteiger partial charge in [0, 0.05) is 11.8 Å². The molecule has 2 aromatic rings. The second-order valence-corrected chi connectivity index (χ2v) is 7.62. The minimum atomic E-state index is -4.15. The first-order valence-corrected chi connectivity index (χ1v) is 9.38. The van der Waals surface area contributed by atoms with Gasteiger partial charge in [0.1, 0.15) is 15.8 Å². The molecule has 0 aromatic heterocycles. The normalized spacial score (nSPS) is 12.4. The Kier molecular flexibility index (Phi) is 6.19. The molecule has 0 aliphatic carbocycles. The van der Waals surface area contributed by atoms with Crippen LogP contribution in [-0.4, -0.2) is 36.5 Å². The van der Waals surface area contributed by atoms with E-state index in [4.69, 9.17) is 0 Å². The summed E-state index contributed by atoms with van der Waals surface area (Å²) in [5.41, 5.74) is 1.36. The number of carbonyl (C=O) groups excluding carboxylic acids is 1. The van der Waals surface area contributed by atoms with Gasteiger partial charge in [-0.2, -0.15) is 0 Å². The van der Waals surface area contributed by atoms with Gasteiger partial charge in [0.15, 0.2) is 0 Å². The largest absolute Gasteiger partial charge is 0.532 e. The fraction of sp³-hybridized carbons (Fsp3) is 0.222. The summed E-state index contributed by atoms with van der Waals surface area (Å²) < 4.78 is 28.3. The molecule has 0 spiro atoms. The highest BCUT2D eigenvalue weighted by atomic mass is 32.2. The van der Waals surface area contributed by atoms with Crippen LogP contribution in [-0.2, 0) is 26.0 Å². The summed E-state index contributed by atoms with van der Waals surface area (Å²) in [6.45, 7) is 3.06. The Morgan fingerprint density at radius 2 is 1.78 bits per heavy atom. The number of nitrogens with zero attached hydrogens (tertiary/aromatic N) is 1. The van der Waals surface area contributed by atoms with Crippen molar-refractivity contribution < 1.29 is 28.2 Å². The van der Waals surface area contributed by atoms with Crippen molar-refractivity contribution in [3.8, 4) is 5.75 Å². The fourth-order valence-electron chi connectivity index (χ4n) is 2.33. The number of carboxylic acid groups (broad SMARTS) is 1. The number of hydrogen-bond acceptors (Lipinski definition) is 5. The maximum absolute atomic E-state index is 12.4. The number of phenolic OH excluding ortho intramolecular Hbond substituents is 1. The first-order chi connectivity index (χ1) is 12.6. The van der Waals surface area contributed by atoms with Gasteiger partial charge in [-0.1, -0.05) is 23.8 Å². The van der Waals surface area contributed by atoms with Crippen LogP contribution in [0.3, 0.4) is 0 Å². The highest BCUT2D eigenvalue weighted by molar-refractivity contribution is 7.94. The molecule has 144 valence electrons. The van der Waals surface area contributed by atoms with Crippen molar-refractivity contribution in [2.75, 3.05) is 5.32 Å². The van der Waals surface area contributed by atoms with E-state index in [1.54, 1.807) is 19.1 Å². The van der Waals surface area contributed by atoms with Gasteiger partial charge in [-0.3, -0.25) is 9.59 Å². The summed E-state index contributed by atoms with van der Waals surface area (Å²) in [6, 6.07) is 8.46. The zero-order valence-corrected chi connectivity index (χ0v) is 15.5. The first-order valence-electron chi connectivity index (χ1n) is 7.94. The van der Waals surface area contributed by atoms with Crippen molar-refractivity contribution in [2.24, 2.45) is 0 Å². The summed E-state index contributed by atoms with van der Waals surface area (Å²) in [4.78, 5) is 22.6. The lowest BCUT2D eigenvalue weighted by Crippen LogP contribution is -2.25. The minimum absolute atomic E-state index is 0.0935. The monoisotopic (exact) mass is 391 g/mol. The van der Waals surface area contributed by atoms with Crippen LogP contribution in [0.4, 0.5) is 5.69 Å². The number of aliphatic carboxylic acids is 1. The van der Waals surface area contributed by atoms with Crippen LogP contribution in [0.15, 0.2) is 47.4 Å². The molecule has 1 amide bonds. The molecule has 2 aromatic carbocycles. The number of amides is 1. The third-order valence-electron chi connectivity index (χ3n) is 3.67. The molecule has 9 heteroatoms. The summed E-state index contributed by atoms with van der Waals surface area (Å²) in [5.74, 6) is -2.01. The van der Waals surface area contributed by atoms with Crippen molar-refractivity contribution in [1.82, 2.24) is 0 Å². The van der Waals surface area contributed by atoms with E-state index in [0.29, 0.717) is 5.56 Å². The van der Waals surface area contributed by atoms with Gasteiger partial charge >= 0.3 is 0 Å². The number of aromatic hydroxyl groups is 1. The molecular weight excluding hydrogens is 372 g/mol. The van der Waals surface area contributed by atoms with Crippen molar-refractivity contribution in [1.29, 1.82) is 0 Å². The van der Waals surface area contributed by atoms with Crippen molar-refractivity contribution in [3.63, 3.8) is 0 Å². The molecule has 1 unspecified atom stereocenters. The predicted molar refractivity (Wildman–Crippen MR) is 99.3 cm³/mol. The Morgan fingerprint density at radius 3 is 2.33 bits per heavy atom. The van der Waals surface area contributed by atoms with Gasteiger partial charge in [0.2, 0.25) is 5.91 Å². The van der Waals surface area contributed by atoms with E-state index < -0.39 is 27.9 Å². The fourth-order valence-corrected chi connectivity index (χ4v) is 3.43. The topological polar surface area (TPSA) is 135 Å². The van der Waals surface area contributed by atoms with Gasteiger partial charge in [-0.15, -0.1) is 0 Å². The zero-order valence-electron chi connectivity index (χ0n) is 14.7. The molecule has 2 rings (SSSR count). The second-order valence-electron chi connectivity index (χ2n) is 5.98. The number of carbonyl (C=O) groups is 2. The summed E-state index contributed by atoms with van der Waals surface area (Å²) in [6.07, 6.45) is -0.229. The van der Waals surface area contributed by atoms with Gasteiger partial charge in [-0.05, 0) is 49.2 Å². The lowest BCUT2D eigenvalue weighted by Gasteiger charge is -2.28. The molecule has 0 bridgehead atoms. The predicted octanol–water partition coefficient (Wildman–Crippen LogP) is 2.42. The van der Waals surface area contributed by atoms with E-state index in [9.17, 15) is 28.2 Å². The lowest BCUT2D eigenvalue weighted by atomic mass is 10.1. The van der Waals surface area contributed by atoms with E-state index in [0.717, 1.165) is 5.56 Å². The molecule has 0 fully saturated rings. The molecule has 0 saturated heterocycles. The number of rotatable bonds is 7. The quantitative estimate of drug-likeness (QED) is 0.620. The van der Waals surface area contributed by atoms with Crippen molar-refractivity contribution in [2.45, 2.75) is 31.2 Å². The number of anilines is 1. The van der Waals surface area contributed by atoms with Crippen LogP contribution in [0.1, 0.15) is 18.1 Å². The van der Waals surface area contributed by atoms with Crippen LogP contribution < -0.4 is 5.32 Å². The van der Waals surface area contributed by atoms with E-state index in [1.165, 1.54) is 37.3 Å². The molecule has 0 aliphatic heterocycles. The average molecular weight is 391 g/mol. The molecule has 1 atom stereocenters. The molecule has 0 saturated carbocycles. The second kappa shape index (κ2) is 8.19. The molecule has 0 heterocycles. The third kappa shape index (κ3) is 5.53. The summed E-state index contributed by atoms with van der Waals surface area (Å²) >= 11 is 0. The van der Waals surface area contributed by atoms with Gasteiger partial charge < -0.3 is 20.3 Å². The molecule has 0 aliphatic rings. The number of sulfonamides is 1. The minimum Gasteiger partial charge on any atom is -0.532 e. The highest BCUT2D eigenvalue weighted by Crippen LogP contribution is 2.27. The van der Waals surface area contributed by atoms with E-state index in [1.807, 2.05) is 0 Å². The Bertz CT molecular complexity index is 954.